The Morgan fingerprint density at radius 3 is 2.23 bits per heavy atom. The van der Waals surface area contributed by atoms with Crippen molar-refractivity contribution in [1.29, 1.82) is 0 Å². The minimum Gasteiger partial charge on any atom is -0.306 e. The normalized spacial score (nSPS) is 18.6. The molecule has 0 radical (unpaired) electrons. The number of nitrogens with zero attached hydrogens (tertiary/aromatic N) is 1. The van der Waals surface area contributed by atoms with E-state index in [2.05, 4.69) is 18.9 Å². The highest BCUT2D eigenvalue weighted by Gasteiger charge is 2.46. The maximum Gasteiger partial charge on any atom is 0.160 e. The molecule has 22 heavy (non-hydrogen) atoms. The van der Waals surface area contributed by atoms with Gasteiger partial charge in [-0.25, -0.2) is 8.42 Å². The van der Waals surface area contributed by atoms with Crippen LogP contribution in [0, 0.1) is 0 Å². The summed E-state index contributed by atoms with van der Waals surface area (Å²) < 4.78 is 25.5. The van der Waals surface area contributed by atoms with Crippen LogP contribution in [0.1, 0.15) is 44.6 Å². The summed E-state index contributed by atoms with van der Waals surface area (Å²) in [5.41, 5.74) is 0.981. The summed E-state index contributed by atoms with van der Waals surface area (Å²) in [7, 11) is -1.05. The molecule has 1 aromatic carbocycles. The fourth-order valence-electron chi connectivity index (χ4n) is 3.24. The fraction of sp³-hybridized carbons (Fsp3) is 0.647. The van der Waals surface area contributed by atoms with Gasteiger partial charge in [0, 0.05) is 0 Å². The molecule has 0 saturated carbocycles. The highest BCUT2D eigenvalue weighted by atomic mass is 35.5. The van der Waals surface area contributed by atoms with Gasteiger partial charge >= 0.3 is 0 Å². The first-order chi connectivity index (χ1) is 10.0. The number of unbranched alkanes of at least 4 members (excludes halogenated alkanes) is 2. The lowest BCUT2D eigenvalue weighted by molar-refractivity contribution is 0.232. The molecule has 1 aliphatic heterocycles. The molecule has 0 N–H and O–H groups in total. The minimum atomic E-state index is -3.12. The maximum atomic E-state index is 13.1. The third-order valence-electron chi connectivity index (χ3n) is 4.71. The molecular weight excluding hydrogens is 318 g/mol. The van der Waals surface area contributed by atoms with Gasteiger partial charge in [-0.05, 0) is 45.0 Å². The van der Waals surface area contributed by atoms with Crippen LogP contribution in [0.2, 0.25) is 0 Å². The summed E-state index contributed by atoms with van der Waals surface area (Å²) in [5.74, 6) is 0.319. The summed E-state index contributed by atoms with van der Waals surface area (Å²) in [6.45, 7) is 3.80. The van der Waals surface area contributed by atoms with Crippen LogP contribution in [0.3, 0.4) is 0 Å². The molecule has 2 rings (SSSR count). The molecule has 1 saturated heterocycles. The number of piperidine rings is 1. The monoisotopic (exact) mass is 345 g/mol. The van der Waals surface area contributed by atoms with E-state index in [9.17, 15) is 8.42 Å². The van der Waals surface area contributed by atoms with Crippen molar-refractivity contribution in [2.75, 3.05) is 25.9 Å². The van der Waals surface area contributed by atoms with Crippen LogP contribution >= 0.6 is 12.4 Å². The molecule has 0 aliphatic carbocycles. The number of hydrogen-bond acceptors (Lipinski definition) is 3. The molecule has 1 aliphatic rings. The number of sulfone groups is 1. The van der Waals surface area contributed by atoms with Crippen LogP contribution in [-0.4, -0.2) is 39.2 Å². The van der Waals surface area contributed by atoms with Crippen LogP contribution in [-0.2, 0) is 14.6 Å². The second-order valence-corrected chi connectivity index (χ2v) is 8.61. The van der Waals surface area contributed by atoms with E-state index in [1.54, 1.807) is 0 Å². The Balaban J connectivity index is 0.00000242. The van der Waals surface area contributed by atoms with Gasteiger partial charge in [0.1, 0.15) is 0 Å². The Morgan fingerprint density at radius 2 is 1.68 bits per heavy atom. The molecule has 0 spiro atoms. The van der Waals surface area contributed by atoms with Crippen molar-refractivity contribution in [3.63, 3.8) is 0 Å². The Kier molecular flexibility index (Phi) is 7.36. The first-order valence-electron chi connectivity index (χ1n) is 7.98. The lowest BCUT2D eigenvalue weighted by Gasteiger charge is -2.40. The average molecular weight is 346 g/mol. The average Bonchev–Trinajstić information content (AvgIpc) is 2.49. The predicted octanol–water partition coefficient (Wildman–Crippen LogP) is 3.63. The Hall–Kier alpha value is -0.580. The number of halogens is 1. The topological polar surface area (TPSA) is 37.4 Å². The lowest BCUT2D eigenvalue weighted by atomic mass is 9.88. The van der Waals surface area contributed by atoms with E-state index in [1.807, 2.05) is 30.3 Å². The van der Waals surface area contributed by atoms with E-state index in [-0.39, 0.29) is 12.4 Å². The maximum absolute atomic E-state index is 13.1. The quantitative estimate of drug-likeness (QED) is 0.739. The van der Waals surface area contributed by atoms with Crippen LogP contribution in [0.5, 0.6) is 0 Å². The molecular formula is C17H28ClNO2S. The van der Waals surface area contributed by atoms with E-state index < -0.39 is 14.6 Å². The second-order valence-electron chi connectivity index (χ2n) is 6.19. The molecule has 0 unspecified atom stereocenters. The summed E-state index contributed by atoms with van der Waals surface area (Å²) in [6.07, 6.45) is 4.24. The van der Waals surface area contributed by atoms with Crippen molar-refractivity contribution in [3.8, 4) is 0 Å². The predicted molar refractivity (Wildman–Crippen MR) is 95.4 cm³/mol. The standard InChI is InChI=1S/C17H27NO2S.ClH/c1-3-4-8-15-21(19,20)17(11-13-18(2)14-12-17)16-9-6-5-7-10-16;/h5-7,9-10H,3-4,8,11-15H2,1-2H3;1H. The number of likely N-dealkylation sites (tertiary alicyclic amines) is 1. The molecule has 0 bridgehead atoms. The third kappa shape index (κ3) is 4.03. The molecule has 0 atom stereocenters. The summed E-state index contributed by atoms with van der Waals surface area (Å²) in [6, 6.07) is 9.84. The van der Waals surface area contributed by atoms with Gasteiger partial charge in [-0.2, -0.15) is 0 Å². The van der Waals surface area contributed by atoms with Crippen molar-refractivity contribution < 1.29 is 8.42 Å². The second kappa shape index (κ2) is 8.32. The van der Waals surface area contributed by atoms with Gasteiger partial charge in [0.05, 0.1) is 10.5 Å². The summed E-state index contributed by atoms with van der Waals surface area (Å²) >= 11 is 0. The van der Waals surface area contributed by atoms with E-state index in [1.165, 1.54) is 0 Å². The van der Waals surface area contributed by atoms with E-state index in [0.29, 0.717) is 18.6 Å². The van der Waals surface area contributed by atoms with Crippen molar-refractivity contribution >= 4 is 22.2 Å². The van der Waals surface area contributed by atoms with E-state index in [0.717, 1.165) is 37.9 Å². The van der Waals surface area contributed by atoms with Gasteiger partial charge in [-0.3, -0.25) is 0 Å². The Bertz CT molecular complexity index is 537. The van der Waals surface area contributed by atoms with Gasteiger partial charge in [-0.15, -0.1) is 12.4 Å². The van der Waals surface area contributed by atoms with Crippen molar-refractivity contribution in [3.05, 3.63) is 35.9 Å². The molecule has 3 nitrogen and oxygen atoms in total. The molecule has 1 aromatic rings. The van der Waals surface area contributed by atoms with Crippen molar-refractivity contribution in [1.82, 2.24) is 4.90 Å². The number of benzene rings is 1. The Labute approximate surface area is 141 Å². The van der Waals surface area contributed by atoms with Crippen LogP contribution in [0.15, 0.2) is 30.3 Å². The van der Waals surface area contributed by atoms with Gasteiger partial charge in [-0.1, -0.05) is 50.1 Å². The SMILES string of the molecule is CCCCCS(=O)(=O)C1(c2ccccc2)CCN(C)CC1.Cl. The number of rotatable bonds is 6. The zero-order chi connectivity index (χ0) is 15.3. The smallest absolute Gasteiger partial charge is 0.160 e. The van der Waals surface area contributed by atoms with Gasteiger partial charge < -0.3 is 4.90 Å². The van der Waals surface area contributed by atoms with Crippen LogP contribution < -0.4 is 0 Å². The third-order valence-corrected chi connectivity index (χ3v) is 7.37. The van der Waals surface area contributed by atoms with E-state index in [4.69, 9.17) is 0 Å². The van der Waals surface area contributed by atoms with E-state index >= 15 is 0 Å². The number of hydrogen-bond donors (Lipinski definition) is 0. The summed E-state index contributed by atoms with van der Waals surface area (Å²) in [4.78, 5) is 2.22. The van der Waals surface area contributed by atoms with Gasteiger partial charge in [0.25, 0.3) is 0 Å². The van der Waals surface area contributed by atoms with Crippen molar-refractivity contribution in [2.24, 2.45) is 0 Å². The van der Waals surface area contributed by atoms with Crippen LogP contribution in [0.4, 0.5) is 0 Å². The zero-order valence-corrected chi connectivity index (χ0v) is 15.3. The lowest BCUT2D eigenvalue weighted by Crippen LogP contribution is -2.46. The molecule has 0 aromatic heterocycles. The highest BCUT2D eigenvalue weighted by Crippen LogP contribution is 2.41. The minimum absolute atomic E-state index is 0. The fourth-order valence-corrected chi connectivity index (χ4v) is 5.51. The first-order valence-corrected chi connectivity index (χ1v) is 9.63. The largest absolute Gasteiger partial charge is 0.306 e. The molecule has 5 heteroatoms. The molecule has 126 valence electrons. The van der Waals surface area contributed by atoms with Crippen molar-refractivity contribution in [2.45, 2.75) is 43.8 Å². The first kappa shape index (κ1) is 19.5. The van der Waals surface area contributed by atoms with Crippen LogP contribution in [0.25, 0.3) is 0 Å². The summed E-state index contributed by atoms with van der Waals surface area (Å²) in [5, 5.41) is 0. The zero-order valence-electron chi connectivity index (χ0n) is 13.6. The molecule has 0 amide bonds. The van der Waals surface area contributed by atoms with Gasteiger partial charge in [0.15, 0.2) is 9.84 Å². The molecule has 1 heterocycles. The van der Waals surface area contributed by atoms with Gasteiger partial charge in [0.2, 0.25) is 0 Å². The Morgan fingerprint density at radius 1 is 1.09 bits per heavy atom. The molecule has 1 fully saturated rings. The highest BCUT2D eigenvalue weighted by molar-refractivity contribution is 7.92.